The minimum atomic E-state index is -0.357. The maximum absolute atomic E-state index is 11.0. The minimum Gasteiger partial charge on any atom is -0.384 e. The van der Waals surface area contributed by atoms with Crippen LogP contribution in [0.2, 0.25) is 0 Å². The minimum absolute atomic E-state index is 0.121. The van der Waals surface area contributed by atoms with Gasteiger partial charge in [0.1, 0.15) is 0 Å². The van der Waals surface area contributed by atoms with Gasteiger partial charge in [-0.25, -0.2) is 0 Å². The molecular weight excluding hydrogens is 274 g/mol. The van der Waals surface area contributed by atoms with E-state index in [9.17, 15) is 10.1 Å². The van der Waals surface area contributed by atoms with Crippen LogP contribution in [0.3, 0.4) is 0 Å². The van der Waals surface area contributed by atoms with Crippen molar-refractivity contribution in [3.8, 4) is 0 Å². The molecule has 2 aromatic rings. The van der Waals surface area contributed by atoms with Gasteiger partial charge in [0.25, 0.3) is 5.69 Å². The Morgan fingerprint density at radius 3 is 2.90 bits per heavy atom. The van der Waals surface area contributed by atoms with E-state index in [2.05, 4.69) is 16.6 Å². The van der Waals surface area contributed by atoms with E-state index in [-0.39, 0.29) is 10.6 Å². The number of hydrogen-bond acceptors (Lipinski definition) is 5. The molecule has 20 heavy (non-hydrogen) atoms. The summed E-state index contributed by atoms with van der Waals surface area (Å²) in [7, 11) is 0. The third-order valence-electron chi connectivity index (χ3n) is 3.08. The molecule has 0 aliphatic rings. The Kier molecular flexibility index (Phi) is 5.17. The summed E-state index contributed by atoms with van der Waals surface area (Å²) in [6.45, 7) is 0.863. The fourth-order valence-electron chi connectivity index (χ4n) is 2.08. The molecule has 2 rings (SSSR count). The van der Waals surface area contributed by atoms with Crippen molar-refractivity contribution in [3.63, 3.8) is 0 Å². The zero-order valence-electron chi connectivity index (χ0n) is 11.3. The van der Waals surface area contributed by atoms with Crippen molar-refractivity contribution < 1.29 is 4.92 Å². The van der Waals surface area contributed by atoms with Crippen LogP contribution in [0, 0.1) is 10.1 Å². The lowest BCUT2D eigenvalue weighted by Crippen LogP contribution is -2.03. The SMILES string of the molecule is CSCCCCNc1ccc([N+](=O)[O-])c2ccncc12. The zero-order valence-corrected chi connectivity index (χ0v) is 12.2. The molecule has 0 aliphatic heterocycles. The second-order valence-electron chi connectivity index (χ2n) is 4.44. The van der Waals surface area contributed by atoms with Gasteiger partial charge < -0.3 is 5.32 Å². The van der Waals surface area contributed by atoms with Crippen LogP contribution in [0.5, 0.6) is 0 Å². The summed E-state index contributed by atoms with van der Waals surface area (Å²) in [5.74, 6) is 1.16. The van der Waals surface area contributed by atoms with Gasteiger partial charge in [-0.05, 0) is 37.0 Å². The molecule has 0 aliphatic carbocycles. The summed E-state index contributed by atoms with van der Waals surface area (Å²) in [6, 6.07) is 5.00. The predicted molar refractivity (Wildman–Crippen MR) is 84.5 cm³/mol. The lowest BCUT2D eigenvalue weighted by atomic mass is 10.1. The molecule has 0 spiro atoms. The third-order valence-corrected chi connectivity index (χ3v) is 3.78. The van der Waals surface area contributed by atoms with Crippen molar-refractivity contribution >= 4 is 33.9 Å². The number of benzene rings is 1. The molecule has 1 heterocycles. The molecule has 0 atom stereocenters. The topological polar surface area (TPSA) is 68.1 Å². The number of unbranched alkanes of at least 4 members (excludes halogenated alkanes) is 1. The molecule has 6 heteroatoms. The van der Waals surface area contributed by atoms with Gasteiger partial charge in [-0.1, -0.05) is 0 Å². The maximum atomic E-state index is 11.0. The number of rotatable bonds is 7. The number of nitrogens with one attached hydrogen (secondary N) is 1. The van der Waals surface area contributed by atoms with E-state index in [1.165, 1.54) is 0 Å². The van der Waals surface area contributed by atoms with E-state index in [0.29, 0.717) is 5.39 Å². The first-order valence-electron chi connectivity index (χ1n) is 6.48. The lowest BCUT2D eigenvalue weighted by molar-refractivity contribution is -0.383. The molecule has 0 amide bonds. The van der Waals surface area contributed by atoms with Crippen molar-refractivity contribution in [1.29, 1.82) is 0 Å². The summed E-state index contributed by atoms with van der Waals surface area (Å²) in [4.78, 5) is 14.7. The maximum Gasteiger partial charge on any atom is 0.277 e. The number of nitro groups is 1. The Labute approximate surface area is 121 Å². The average molecular weight is 291 g/mol. The Bertz CT molecular complexity index is 604. The summed E-state index contributed by atoms with van der Waals surface area (Å²) in [6.07, 6.45) is 7.60. The Morgan fingerprint density at radius 1 is 1.30 bits per heavy atom. The number of nitro benzene ring substituents is 1. The molecular formula is C14H17N3O2S. The van der Waals surface area contributed by atoms with E-state index in [1.54, 1.807) is 30.6 Å². The van der Waals surface area contributed by atoms with Crippen LogP contribution in [0.1, 0.15) is 12.8 Å². The Hall–Kier alpha value is -1.82. The second-order valence-corrected chi connectivity index (χ2v) is 5.42. The number of anilines is 1. The van der Waals surface area contributed by atoms with Crippen LogP contribution in [0.25, 0.3) is 10.8 Å². The van der Waals surface area contributed by atoms with Gasteiger partial charge in [-0.3, -0.25) is 15.1 Å². The first-order chi connectivity index (χ1) is 9.74. The molecule has 1 N–H and O–H groups in total. The highest BCUT2D eigenvalue weighted by Crippen LogP contribution is 2.30. The smallest absolute Gasteiger partial charge is 0.277 e. The van der Waals surface area contributed by atoms with Gasteiger partial charge in [0.15, 0.2) is 0 Å². The lowest BCUT2D eigenvalue weighted by Gasteiger charge is -2.09. The van der Waals surface area contributed by atoms with Gasteiger partial charge in [-0.15, -0.1) is 0 Å². The van der Waals surface area contributed by atoms with Crippen LogP contribution < -0.4 is 5.32 Å². The summed E-state index contributed by atoms with van der Waals surface area (Å²) < 4.78 is 0. The highest BCUT2D eigenvalue weighted by Gasteiger charge is 2.13. The number of nitrogens with zero attached hydrogens (tertiary/aromatic N) is 2. The van der Waals surface area contributed by atoms with Crippen molar-refractivity contribution in [2.24, 2.45) is 0 Å². The summed E-state index contributed by atoms with van der Waals surface area (Å²) in [5.41, 5.74) is 1.03. The van der Waals surface area contributed by atoms with Gasteiger partial charge in [-0.2, -0.15) is 11.8 Å². The van der Waals surface area contributed by atoms with Crippen molar-refractivity contribution in [3.05, 3.63) is 40.7 Å². The molecule has 0 saturated carbocycles. The molecule has 1 aromatic heterocycles. The molecule has 0 fully saturated rings. The van der Waals surface area contributed by atoms with Crippen LogP contribution in [0.15, 0.2) is 30.6 Å². The molecule has 0 radical (unpaired) electrons. The van der Waals surface area contributed by atoms with Gasteiger partial charge in [0.05, 0.1) is 10.3 Å². The quantitative estimate of drug-likeness (QED) is 0.478. The van der Waals surface area contributed by atoms with Crippen molar-refractivity contribution in [2.45, 2.75) is 12.8 Å². The largest absolute Gasteiger partial charge is 0.384 e. The fourth-order valence-corrected chi connectivity index (χ4v) is 2.57. The predicted octanol–water partition coefficient (Wildman–Crippen LogP) is 3.70. The highest BCUT2D eigenvalue weighted by atomic mass is 32.2. The normalized spacial score (nSPS) is 10.7. The number of aromatic nitrogens is 1. The average Bonchev–Trinajstić information content (AvgIpc) is 2.46. The van der Waals surface area contributed by atoms with Crippen LogP contribution in [-0.4, -0.2) is 28.5 Å². The number of thioether (sulfide) groups is 1. The fraction of sp³-hybridized carbons (Fsp3) is 0.357. The van der Waals surface area contributed by atoms with E-state index >= 15 is 0 Å². The van der Waals surface area contributed by atoms with Crippen LogP contribution in [0.4, 0.5) is 11.4 Å². The second kappa shape index (κ2) is 7.09. The van der Waals surface area contributed by atoms with Crippen LogP contribution >= 0.6 is 11.8 Å². The number of non-ortho nitro benzene ring substituents is 1. The summed E-state index contributed by atoms with van der Waals surface area (Å²) in [5, 5.41) is 15.8. The molecule has 1 aromatic carbocycles. The van der Waals surface area contributed by atoms with Gasteiger partial charge in [0.2, 0.25) is 0 Å². The highest BCUT2D eigenvalue weighted by molar-refractivity contribution is 7.98. The van der Waals surface area contributed by atoms with Gasteiger partial charge >= 0.3 is 0 Å². The van der Waals surface area contributed by atoms with Gasteiger partial charge in [0, 0.05) is 36.1 Å². The van der Waals surface area contributed by atoms with E-state index in [0.717, 1.165) is 36.2 Å². The molecule has 0 saturated heterocycles. The first kappa shape index (κ1) is 14.6. The van der Waals surface area contributed by atoms with E-state index in [4.69, 9.17) is 0 Å². The third kappa shape index (κ3) is 3.39. The molecule has 5 nitrogen and oxygen atoms in total. The molecule has 0 unspecified atom stereocenters. The number of pyridine rings is 1. The Balaban J connectivity index is 2.18. The standard InChI is InChI=1S/C14H17N3O2S/c1-20-9-3-2-7-16-13-4-5-14(17(18)19)11-6-8-15-10-12(11)13/h4-6,8,10,16H,2-3,7,9H2,1H3. The Morgan fingerprint density at radius 2 is 2.15 bits per heavy atom. The van der Waals surface area contributed by atoms with Crippen molar-refractivity contribution in [2.75, 3.05) is 23.9 Å². The monoisotopic (exact) mass is 291 g/mol. The van der Waals surface area contributed by atoms with E-state index in [1.807, 2.05) is 11.8 Å². The molecule has 106 valence electrons. The number of fused-ring (bicyclic) bond motifs is 1. The molecule has 0 bridgehead atoms. The van der Waals surface area contributed by atoms with Crippen LogP contribution in [-0.2, 0) is 0 Å². The zero-order chi connectivity index (χ0) is 14.4. The van der Waals surface area contributed by atoms with E-state index < -0.39 is 0 Å². The first-order valence-corrected chi connectivity index (χ1v) is 7.87. The summed E-state index contributed by atoms with van der Waals surface area (Å²) >= 11 is 1.84. The number of hydrogen-bond donors (Lipinski definition) is 1. The van der Waals surface area contributed by atoms with Crippen molar-refractivity contribution in [1.82, 2.24) is 4.98 Å².